The topological polar surface area (TPSA) is 41.1 Å². The van der Waals surface area contributed by atoms with Gasteiger partial charge >= 0.3 is 0 Å². The van der Waals surface area contributed by atoms with Crippen molar-refractivity contribution >= 4 is 18.3 Å². The van der Waals surface area contributed by atoms with Gasteiger partial charge < -0.3 is 10.6 Å². The SMILES string of the molecule is CC(CC(=O)NCC1(C)CCCC1)C1CCNCC1.Cl. The molecule has 2 aliphatic rings. The van der Waals surface area contributed by atoms with Gasteiger partial charge in [0, 0.05) is 13.0 Å². The standard InChI is InChI=1S/C16H30N2O.ClH/c1-13(14-5-9-17-10-6-14)11-15(19)18-12-16(2)7-3-4-8-16;/h13-14,17H,3-12H2,1-2H3,(H,18,19);1H. The monoisotopic (exact) mass is 302 g/mol. The first-order valence-electron chi connectivity index (χ1n) is 8.06. The summed E-state index contributed by atoms with van der Waals surface area (Å²) in [6, 6.07) is 0. The van der Waals surface area contributed by atoms with Gasteiger partial charge in [-0.3, -0.25) is 4.79 Å². The summed E-state index contributed by atoms with van der Waals surface area (Å²) in [6.45, 7) is 7.68. The fraction of sp³-hybridized carbons (Fsp3) is 0.938. The molecule has 20 heavy (non-hydrogen) atoms. The van der Waals surface area contributed by atoms with Crippen LogP contribution in [0, 0.1) is 17.3 Å². The van der Waals surface area contributed by atoms with Crippen molar-refractivity contribution in [3.63, 3.8) is 0 Å². The maximum Gasteiger partial charge on any atom is 0.220 e. The fourth-order valence-electron chi connectivity index (χ4n) is 3.66. The zero-order valence-electron chi connectivity index (χ0n) is 13.0. The Hall–Kier alpha value is -0.280. The molecule has 1 heterocycles. The third-order valence-electron chi connectivity index (χ3n) is 5.22. The predicted molar refractivity (Wildman–Crippen MR) is 86.2 cm³/mol. The van der Waals surface area contributed by atoms with Gasteiger partial charge in [-0.25, -0.2) is 0 Å². The molecule has 118 valence electrons. The highest BCUT2D eigenvalue weighted by molar-refractivity contribution is 5.85. The summed E-state index contributed by atoms with van der Waals surface area (Å²) in [5.74, 6) is 1.52. The normalized spacial score (nSPS) is 23.9. The summed E-state index contributed by atoms with van der Waals surface area (Å²) in [7, 11) is 0. The second-order valence-corrected chi connectivity index (χ2v) is 7.06. The summed E-state index contributed by atoms with van der Waals surface area (Å²) < 4.78 is 0. The minimum Gasteiger partial charge on any atom is -0.356 e. The van der Waals surface area contributed by atoms with Crippen molar-refractivity contribution in [3.05, 3.63) is 0 Å². The van der Waals surface area contributed by atoms with Crippen molar-refractivity contribution in [2.24, 2.45) is 17.3 Å². The van der Waals surface area contributed by atoms with Crippen molar-refractivity contribution in [1.29, 1.82) is 0 Å². The first-order chi connectivity index (χ1) is 9.09. The van der Waals surface area contributed by atoms with Gasteiger partial charge in [-0.2, -0.15) is 0 Å². The Morgan fingerprint density at radius 2 is 1.90 bits per heavy atom. The van der Waals surface area contributed by atoms with E-state index in [0.717, 1.165) is 25.6 Å². The van der Waals surface area contributed by atoms with Crippen LogP contribution in [0.5, 0.6) is 0 Å². The fourth-order valence-corrected chi connectivity index (χ4v) is 3.66. The highest BCUT2D eigenvalue weighted by Crippen LogP contribution is 2.36. The lowest BCUT2D eigenvalue weighted by Crippen LogP contribution is -2.37. The molecular weight excluding hydrogens is 272 g/mol. The molecule has 0 aromatic rings. The average molecular weight is 303 g/mol. The molecule has 1 aliphatic carbocycles. The summed E-state index contributed by atoms with van der Waals surface area (Å²) in [5.41, 5.74) is 0.369. The van der Waals surface area contributed by atoms with Gasteiger partial charge in [0.2, 0.25) is 5.91 Å². The Bertz CT molecular complexity index is 297. The molecule has 1 atom stereocenters. The molecule has 2 fully saturated rings. The smallest absolute Gasteiger partial charge is 0.220 e. The molecule has 1 unspecified atom stereocenters. The quantitative estimate of drug-likeness (QED) is 0.819. The Balaban J connectivity index is 0.00000200. The van der Waals surface area contributed by atoms with Crippen LogP contribution >= 0.6 is 12.4 Å². The lowest BCUT2D eigenvalue weighted by atomic mass is 9.84. The minimum absolute atomic E-state index is 0. The van der Waals surface area contributed by atoms with E-state index in [4.69, 9.17) is 0 Å². The zero-order valence-corrected chi connectivity index (χ0v) is 13.9. The van der Waals surface area contributed by atoms with Gasteiger partial charge in [0.05, 0.1) is 0 Å². The van der Waals surface area contributed by atoms with Gasteiger partial charge in [-0.1, -0.05) is 26.7 Å². The number of hydrogen-bond donors (Lipinski definition) is 2. The van der Waals surface area contributed by atoms with Crippen molar-refractivity contribution in [2.75, 3.05) is 19.6 Å². The van der Waals surface area contributed by atoms with Crippen molar-refractivity contribution in [2.45, 2.75) is 58.8 Å². The molecule has 1 saturated carbocycles. The molecule has 0 bridgehead atoms. The number of amides is 1. The number of carbonyl (C=O) groups is 1. The molecule has 0 radical (unpaired) electrons. The summed E-state index contributed by atoms with van der Waals surface area (Å²) in [5, 5.41) is 6.57. The van der Waals surface area contributed by atoms with E-state index in [1.165, 1.54) is 38.5 Å². The maximum atomic E-state index is 12.1. The van der Waals surface area contributed by atoms with Crippen LogP contribution in [0.3, 0.4) is 0 Å². The summed E-state index contributed by atoms with van der Waals surface area (Å²) in [4.78, 5) is 12.1. The highest BCUT2D eigenvalue weighted by atomic mass is 35.5. The van der Waals surface area contributed by atoms with Gasteiger partial charge in [0.1, 0.15) is 0 Å². The second-order valence-electron chi connectivity index (χ2n) is 7.06. The Morgan fingerprint density at radius 3 is 2.50 bits per heavy atom. The van der Waals surface area contributed by atoms with E-state index >= 15 is 0 Å². The largest absolute Gasteiger partial charge is 0.356 e. The molecule has 1 saturated heterocycles. The molecule has 2 rings (SSSR count). The summed E-state index contributed by atoms with van der Waals surface area (Å²) >= 11 is 0. The number of hydrogen-bond acceptors (Lipinski definition) is 2. The van der Waals surface area contributed by atoms with Crippen LogP contribution in [0.4, 0.5) is 0 Å². The van der Waals surface area contributed by atoms with Crippen LogP contribution in [-0.2, 0) is 4.79 Å². The second kappa shape index (κ2) is 8.23. The molecule has 1 amide bonds. The summed E-state index contributed by atoms with van der Waals surface area (Å²) in [6.07, 6.45) is 8.38. The van der Waals surface area contributed by atoms with Gasteiger partial charge in [0.15, 0.2) is 0 Å². The highest BCUT2D eigenvalue weighted by Gasteiger charge is 2.29. The lowest BCUT2D eigenvalue weighted by Gasteiger charge is -2.29. The molecule has 4 heteroatoms. The number of piperidine rings is 1. The zero-order chi connectivity index (χ0) is 13.7. The number of halogens is 1. The van der Waals surface area contributed by atoms with E-state index in [-0.39, 0.29) is 18.3 Å². The van der Waals surface area contributed by atoms with Crippen LogP contribution in [0.25, 0.3) is 0 Å². The molecule has 0 spiro atoms. The molecule has 1 aliphatic heterocycles. The predicted octanol–water partition coefficient (Wildman–Crippen LogP) is 3.13. The molecule has 2 N–H and O–H groups in total. The first-order valence-corrected chi connectivity index (χ1v) is 8.06. The molecule has 3 nitrogen and oxygen atoms in total. The third kappa shape index (κ3) is 5.25. The lowest BCUT2D eigenvalue weighted by molar-refractivity contribution is -0.122. The Morgan fingerprint density at radius 1 is 1.30 bits per heavy atom. The van der Waals surface area contributed by atoms with Crippen molar-refractivity contribution in [3.8, 4) is 0 Å². The van der Waals surface area contributed by atoms with Crippen LogP contribution in [0.1, 0.15) is 58.8 Å². The van der Waals surface area contributed by atoms with Crippen LogP contribution in [0.2, 0.25) is 0 Å². The first kappa shape index (κ1) is 17.8. The van der Waals surface area contributed by atoms with E-state index in [1.807, 2.05) is 0 Å². The number of carbonyl (C=O) groups excluding carboxylic acids is 1. The number of rotatable bonds is 5. The minimum atomic E-state index is 0. The molecule has 0 aromatic heterocycles. The van der Waals surface area contributed by atoms with Gasteiger partial charge in [0.25, 0.3) is 0 Å². The Kier molecular flexibility index (Phi) is 7.32. The van der Waals surface area contributed by atoms with Crippen molar-refractivity contribution in [1.82, 2.24) is 10.6 Å². The maximum absolute atomic E-state index is 12.1. The number of nitrogens with one attached hydrogen (secondary N) is 2. The van der Waals surface area contributed by atoms with Crippen LogP contribution in [0.15, 0.2) is 0 Å². The van der Waals surface area contributed by atoms with Gasteiger partial charge in [-0.05, 0) is 56.0 Å². The molecule has 0 aromatic carbocycles. The van der Waals surface area contributed by atoms with E-state index in [1.54, 1.807) is 0 Å². The molecular formula is C16H31ClN2O. The van der Waals surface area contributed by atoms with Crippen LogP contribution < -0.4 is 10.6 Å². The van der Waals surface area contributed by atoms with E-state index in [9.17, 15) is 4.79 Å². The Labute approximate surface area is 130 Å². The van der Waals surface area contributed by atoms with E-state index < -0.39 is 0 Å². The third-order valence-corrected chi connectivity index (χ3v) is 5.22. The van der Waals surface area contributed by atoms with Crippen molar-refractivity contribution < 1.29 is 4.79 Å². The van der Waals surface area contributed by atoms with E-state index in [2.05, 4.69) is 24.5 Å². The van der Waals surface area contributed by atoms with E-state index in [0.29, 0.717) is 17.8 Å². The van der Waals surface area contributed by atoms with Crippen LogP contribution in [-0.4, -0.2) is 25.5 Å². The van der Waals surface area contributed by atoms with Gasteiger partial charge in [-0.15, -0.1) is 12.4 Å². The average Bonchev–Trinajstić information content (AvgIpc) is 2.85.